The third-order valence-electron chi connectivity index (χ3n) is 2.84. The Hall–Kier alpha value is -1.87. The molecule has 0 atom stereocenters. The van der Waals surface area contributed by atoms with Crippen LogP contribution in [0.25, 0.3) is 0 Å². The van der Waals surface area contributed by atoms with Crippen molar-refractivity contribution in [1.29, 1.82) is 0 Å². The standard InChI is InChI=1S/C15H15ClN2O/c1-11(19)14-7-4-8-17-15(14)18(2)10-12-5-3-6-13(16)9-12/h3-9H,10H2,1-2H3. The molecule has 0 spiro atoms. The van der Waals surface area contributed by atoms with Crippen molar-refractivity contribution in [3.63, 3.8) is 0 Å². The second-order valence-electron chi connectivity index (χ2n) is 4.42. The number of carbonyl (C=O) groups excluding carboxylic acids is 1. The molecule has 0 saturated carbocycles. The van der Waals surface area contributed by atoms with Gasteiger partial charge in [-0.15, -0.1) is 0 Å². The van der Waals surface area contributed by atoms with Gasteiger partial charge in [0.05, 0.1) is 5.56 Å². The van der Waals surface area contributed by atoms with E-state index in [1.807, 2.05) is 36.2 Å². The van der Waals surface area contributed by atoms with Crippen molar-refractivity contribution < 1.29 is 4.79 Å². The summed E-state index contributed by atoms with van der Waals surface area (Å²) in [6.07, 6.45) is 1.69. The number of carbonyl (C=O) groups is 1. The number of Topliss-reactive ketones (excluding diaryl/α,β-unsaturated/α-hetero) is 1. The molecule has 0 fully saturated rings. The Labute approximate surface area is 117 Å². The SMILES string of the molecule is CC(=O)c1cccnc1N(C)Cc1cccc(Cl)c1. The molecule has 0 radical (unpaired) electrons. The highest BCUT2D eigenvalue weighted by Crippen LogP contribution is 2.19. The third kappa shape index (κ3) is 3.32. The molecule has 3 nitrogen and oxygen atoms in total. The van der Waals surface area contributed by atoms with Crippen LogP contribution in [0.2, 0.25) is 5.02 Å². The van der Waals surface area contributed by atoms with Crippen molar-refractivity contribution in [2.24, 2.45) is 0 Å². The van der Waals surface area contributed by atoms with Gasteiger partial charge >= 0.3 is 0 Å². The van der Waals surface area contributed by atoms with Gasteiger partial charge in [0.15, 0.2) is 5.78 Å². The molecule has 2 aromatic rings. The monoisotopic (exact) mass is 274 g/mol. The maximum atomic E-state index is 11.6. The molecule has 1 heterocycles. The fourth-order valence-electron chi connectivity index (χ4n) is 1.96. The second-order valence-corrected chi connectivity index (χ2v) is 4.85. The number of aromatic nitrogens is 1. The van der Waals surface area contributed by atoms with E-state index in [0.717, 1.165) is 5.56 Å². The Morgan fingerprint density at radius 3 is 2.79 bits per heavy atom. The third-order valence-corrected chi connectivity index (χ3v) is 3.07. The maximum absolute atomic E-state index is 11.6. The minimum Gasteiger partial charge on any atom is -0.355 e. The lowest BCUT2D eigenvalue weighted by Crippen LogP contribution is -2.20. The number of nitrogens with zero attached hydrogens (tertiary/aromatic N) is 2. The van der Waals surface area contributed by atoms with Crippen molar-refractivity contribution in [2.45, 2.75) is 13.5 Å². The minimum absolute atomic E-state index is 0.0149. The molecule has 4 heteroatoms. The molecule has 0 bridgehead atoms. The van der Waals surface area contributed by atoms with E-state index in [-0.39, 0.29) is 5.78 Å². The molecule has 0 saturated heterocycles. The van der Waals surface area contributed by atoms with Gasteiger partial charge in [0.25, 0.3) is 0 Å². The van der Waals surface area contributed by atoms with Gasteiger partial charge in [-0.2, -0.15) is 0 Å². The maximum Gasteiger partial charge on any atom is 0.163 e. The van der Waals surface area contributed by atoms with Crippen LogP contribution >= 0.6 is 11.6 Å². The topological polar surface area (TPSA) is 33.2 Å². The van der Waals surface area contributed by atoms with Crippen LogP contribution in [0.4, 0.5) is 5.82 Å². The molecular formula is C15H15ClN2O. The second kappa shape index (κ2) is 5.85. The summed E-state index contributed by atoms with van der Waals surface area (Å²) in [6.45, 7) is 2.20. The zero-order valence-electron chi connectivity index (χ0n) is 10.9. The summed E-state index contributed by atoms with van der Waals surface area (Å²) in [4.78, 5) is 17.8. The first-order chi connectivity index (χ1) is 9.08. The molecule has 19 heavy (non-hydrogen) atoms. The van der Waals surface area contributed by atoms with Gasteiger partial charge in [-0.1, -0.05) is 23.7 Å². The van der Waals surface area contributed by atoms with E-state index in [1.165, 1.54) is 0 Å². The van der Waals surface area contributed by atoms with Crippen LogP contribution in [0.3, 0.4) is 0 Å². The summed E-state index contributed by atoms with van der Waals surface area (Å²) in [6, 6.07) is 11.2. The number of anilines is 1. The number of halogens is 1. The Kier molecular flexibility index (Phi) is 4.17. The highest BCUT2D eigenvalue weighted by Gasteiger charge is 2.12. The van der Waals surface area contributed by atoms with Crippen molar-refractivity contribution >= 4 is 23.2 Å². The molecule has 0 N–H and O–H groups in total. The Morgan fingerprint density at radius 2 is 2.11 bits per heavy atom. The van der Waals surface area contributed by atoms with Crippen LogP contribution in [0.15, 0.2) is 42.6 Å². The van der Waals surface area contributed by atoms with E-state index in [0.29, 0.717) is 22.9 Å². The Bertz CT molecular complexity index is 598. The van der Waals surface area contributed by atoms with E-state index in [1.54, 1.807) is 25.3 Å². The van der Waals surface area contributed by atoms with Gasteiger partial charge in [0, 0.05) is 24.8 Å². The molecule has 0 amide bonds. The minimum atomic E-state index is 0.0149. The number of hydrogen-bond donors (Lipinski definition) is 0. The summed E-state index contributed by atoms with van der Waals surface area (Å²) < 4.78 is 0. The van der Waals surface area contributed by atoms with Crippen LogP contribution in [-0.2, 0) is 6.54 Å². The van der Waals surface area contributed by atoms with E-state index < -0.39 is 0 Å². The van der Waals surface area contributed by atoms with Crippen molar-refractivity contribution in [3.05, 3.63) is 58.7 Å². The molecule has 0 aliphatic carbocycles. The normalized spacial score (nSPS) is 10.3. The van der Waals surface area contributed by atoms with E-state index in [4.69, 9.17) is 11.6 Å². The highest BCUT2D eigenvalue weighted by molar-refractivity contribution is 6.30. The first-order valence-corrected chi connectivity index (χ1v) is 6.37. The fraction of sp³-hybridized carbons (Fsp3) is 0.200. The first-order valence-electron chi connectivity index (χ1n) is 5.99. The number of pyridine rings is 1. The van der Waals surface area contributed by atoms with Gasteiger partial charge in [0.1, 0.15) is 5.82 Å². The van der Waals surface area contributed by atoms with Crippen LogP contribution in [0.5, 0.6) is 0 Å². The van der Waals surface area contributed by atoms with Gasteiger partial charge in [-0.05, 0) is 36.8 Å². The summed E-state index contributed by atoms with van der Waals surface area (Å²) in [5, 5.41) is 0.707. The predicted octanol–water partition coefficient (Wildman–Crippen LogP) is 3.57. The summed E-state index contributed by atoms with van der Waals surface area (Å²) in [5.41, 5.74) is 1.71. The summed E-state index contributed by atoms with van der Waals surface area (Å²) in [5.74, 6) is 0.705. The molecule has 98 valence electrons. The predicted molar refractivity (Wildman–Crippen MR) is 77.8 cm³/mol. The van der Waals surface area contributed by atoms with Crippen molar-refractivity contribution in [1.82, 2.24) is 4.98 Å². The molecule has 0 aliphatic rings. The average molecular weight is 275 g/mol. The molecular weight excluding hydrogens is 260 g/mol. The van der Waals surface area contributed by atoms with E-state index in [2.05, 4.69) is 4.98 Å². The van der Waals surface area contributed by atoms with Gasteiger partial charge in [-0.25, -0.2) is 4.98 Å². The molecule has 1 aromatic heterocycles. The van der Waals surface area contributed by atoms with Gasteiger partial charge in [-0.3, -0.25) is 4.79 Å². The lowest BCUT2D eigenvalue weighted by Gasteiger charge is -2.20. The van der Waals surface area contributed by atoms with E-state index in [9.17, 15) is 4.79 Å². The fourth-order valence-corrected chi connectivity index (χ4v) is 2.17. The average Bonchev–Trinajstić information content (AvgIpc) is 2.38. The highest BCUT2D eigenvalue weighted by atomic mass is 35.5. The summed E-state index contributed by atoms with van der Waals surface area (Å²) in [7, 11) is 1.91. The quantitative estimate of drug-likeness (QED) is 0.799. The molecule has 0 aliphatic heterocycles. The van der Waals surface area contributed by atoms with Crippen molar-refractivity contribution in [2.75, 3.05) is 11.9 Å². The lowest BCUT2D eigenvalue weighted by molar-refractivity contribution is 0.101. The lowest BCUT2D eigenvalue weighted by atomic mass is 10.1. The van der Waals surface area contributed by atoms with Gasteiger partial charge < -0.3 is 4.90 Å². The van der Waals surface area contributed by atoms with E-state index >= 15 is 0 Å². The summed E-state index contributed by atoms with van der Waals surface area (Å²) >= 11 is 5.97. The number of hydrogen-bond acceptors (Lipinski definition) is 3. The van der Waals surface area contributed by atoms with Crippen LogP contribution in [0.1, 0.15) is 22.8 Å². The first kappa shape index (κ1) is 13.6. The van der Waals surface area contributed by atoms with Crippen LogP contribution in [-0.4, -0.2) is 17.8 Å². The van der Waals surface area contributed by atoms with Crippen molar-refractivity contribution in [3.8, 4) is 0 Å². The smallest absolute Gasteiger partial charge is 0.163 e. The van der Waals surface area contributed by atoms with Gasteiger partial charge in [0.2, 0.25) is 0 Å². The Balaban J connectivity index is 2.25. The number of ketones is 1. The number of rotatable bonds is 4. The zero-order chi connectivity index (χ0) is 13.8. The Morgan fingerprint density at radius 1 is 1.32 bits per heavy atom. The molecule has 0 unspecified atom stereocenters. The molecule has 2 rings (SSSR count). The largest absolute Gasteiger partial charge is 0.355 e. The zero-order valence-corrected chi connectivity index (χ0v) is 11.7. The number of benzene rings is 1. The van der Waals surface area contributed by atoms with Crippen LogP contribution in [0, 0.1) is 0 Å². The molecule has 1 aromatic carbocycles. The van der Waals surface area contributed by atoms with Crippen LogP contribution < -0.4 is 4.90 Å².